The highest BCUT2D eigenvalue weighted by Crippen LogP contribution is 2.33. The molecule has 0 amide bonds. The molecule has 3 rings (SSSR count). The van der Waals surface area contributed by atoms with Gasteiger partial charge in [0, 0.05) is 31.9 Å². The summed E-state index contributed by atoms with van der Waals surface area (Å²) in [6.07, 6.45) is 4.24. The van der Waals surface area contributed by atoms with Crippen LogP contribution in [0, 0.1) is 0 Å². The van der Waals surface area contributed by atoms with Crippen LogP contribution in [-0.4, -0.2) is 23.4 Å². The molecule has 0 unspecified atom stereocenters. The summed E-state index contributed by atoms with van der Waals surface area (Å²) in [5, 5.41) is 4.20. The van der Waals surface area contributed by atoms with Crippen molar-refractivity contribution >= 4 is 11.5 Å². The van der Waals surface area contributed by atoms with E-state index in [2.05, 4.69) is 35.2 Å². The van der Waals surface area contributed by atoms with Crippen LogP contribution in [0.1, 0.15) is 12.0 Å². The number of nitrogen functional groups attached to an aromatic ring is 1. The fraction of sp³-hybridized carbons (Fsp3) is 0.357. The van der Waals surface area contributed by atoms with Gasteiger partial charge in [-0.1, -0.05) is 12.1 Å². The van der Waals surface area contributed by atoms with Crippen LogP contribution in [0.15, 0.2) is 24.4 Å². The topological polar surface area (TPSA) is 47.1 Å². The lowest BCUT2D eigenvalue weighted by Crippen LogP contribution is -2.24. The zero-order valence-electron chi connectivity index (χ0n) is 10.8. The first-order valence-electron chi connectivity index (χ1n) is 6.29. The van der Waals surface area contributed by atoms with Gasteiger partial charge in [0.05, 0.1) is 6.20 Å². The number of fused-ring (bicyclic) bond motifs is 1. The van der Waals surface area contributed by atoms with Crippen molar-refractivity contribution in [1.29, 1.82) is 0 Å². The molecule has 1 aromatic heterocycles. The minimum Gasteiger partial charge on any atom is -0.383 e. The average Bonchev–Trinajstić information content (AvgIpc) is 2.70. The predicted octanol–water partition coefficient (Wildman–Crippen LogP) is 2.05. The Hall–Kier alpha value is -1.97. The predicted molar refractivity (Wildman–Crippen MR) is 74.6 cm³/mol. The van der Waals surface area contributed by atoms with Gasteiger partial charge in [-0.3, -0.25) is 4.68 Å². The van der Waals surface area contributed by atoms with Crippen LogP contribution in [0.3, 0.4) is 0 Å². The van der Waals surface area contributed by atoms with E-state index in [0.29, 0.717) is 5.82 Å². The van der Waals surface area contributed by atoms with E-state index < -0.39 is 0 Å². The van der Waals surface area contributed by atoms with E-state index in [1.807, 2.05) is 13.2 Å². The largest absolute Gasteiger partial charge is 0.383 e. The summed E-state index contributed by atoms with van der Waals surface area (Å²) >= 11 is 0. The Kier molecular flexibility index (Phi) is 2.51. The Labute approximate surface area is 107 Å². The zero-order valence-corrected chi connectivity index (χ0v) is 10.8. The lowest BCUT2D eigenvalue weighted by atomic mass is 9.98. The number of rotatable bonds is 1. The van der Waals surface area contributed by atoms with Gasteiger partial charge in [0.2, 0.25) is 0 Å². The molecule has 1 aromatic carbocycles. The summed E-state index contributed by atoms with van der Waals surface area (Å²) in [6.45, 7) is 1.12. The van der Waals surface area contributed by atoms with Crippen molar-refractivity contribution in [3.05, 3.63) is 30.0 Å². The summed E-state index contributed by atoms with van der Waals surface area (Å²) in [4.78, 5) is 2.31. The highest BCUT2D eigenvalue weighted by Gasteiger charge is 2.15. The summed E-state index contributed by atoms with van der Waals surface area (Å²) in [7, 11) is 4.01. The normalized spacial score (nSPS) is 14.7. The number of benzene rings is 1. The van der Waals surface area contributed by atoms with Crippen LogP contribution in [0.2, 0.25) is 0 Å². The zero-order chi connectivity index (χ0) is 12.7. The molecule has 4 heteroatoms. The van der Waals surface area contributed by atoms with Gasteiger partial charge in [0.1, 0.15) is 5.82 Å². The molecule has 0 saturated carbocycles. The van der Waals surface area contributed by atoms with Gasteiger partial charge in [-0.25, -0.2) is 0 Å². The lowest BCUT2D eigenvalue weighted by molar-refractivity contribution is 0.745. The van der Waals surface area contributed by atoms with Gasteiger partial charge in [-0.15, -0.1) is 0 Å². The number of hydrogen-bond donors (Lipinski definition) is 1. The van der Waals surface area contributed by atoms with E-state index in [1.165, 1.54) is 24.1 Å². The minimum atomic E-state index is 0.716. The lowest BCUT2D eigenvalue weighted by Gasteiger charge is -2.28. The van der Waals surface area contributed by atoms with Crippen LogP contribution in [0.5, 0.6) is 0 Å². The van der Waals surface area contributed by atoms with E-state index in [4.69, 9.17) is 5.73 Å². The molecule has 18 heavy (non-hydrogen) atoms. The SMILES string of the molecule is CN1CCCc2ccc(-c3cnn(C)c3N)cc21. The fourth-order valence-corrected chi connectivity index (χ4v) is 2.59. The van der Waals surface area contributed by atoms with Crippen LogP contribution in [-0.2, 0) is 13.5 Å². The van der Waals surface area contributed by atoms with Gasteiger partial charge in [0.15, 0.2) is 0 Å². The van der Waals surface area contributed by atoms with E-state index in [9.17, 15) is 0 Å². The number of nitrogens with two attached hydrogens (primary N) is 1. The van der Waals surface area contributed by atoms with E-state index in [0.717, 1.165) is 17.7 Å². The highest BCUT2D eigenvalue weighted by molar-refractivity contribution is 5.77. The molecule has 0 atom stereocenters. The monoisotopic (exact) mass is 242 g/mol. The van der Waals surface area contributed by atoms with Crippen molar-refractivity contribution < 1.29 is 0 Å². The molecule has 0 saturated heterocycles. The van der Waals surface area contributed by atoms with Gasteiger partial charge in [-0.2, -0.15) is 5.10 Å². The Bertz CT molecular complexity index is 585. The third-order valence-corrected chi connectivity index (χ3v) is 3.73. The molecule has 0 bridgehead atoms. The van der Waals surface area contributed by atoms with Gasteiger partial charge in [-0.05, 0) is 30.0 Å². The smallest absolute Gasteiger partial charge is 0.129 e. The second-order valence-corrected chi connectivity index (χ2v) is 4.94. The third kappa shape index (κ3) is 1.65. The first-order valence-corrected chi connectivity index (χ1v) is 6.29. The Morgan fingerprint density at radius 2 is 2.11 bits per heavy atom. The molecule has 0 radical (unpaired) electrons. The molecule has 94 valence electrons. The fourth-order valence-electron chi connectivity index (χ4n) is 2.59. The van der Waals surface area contributed by atoms with Crippen LogP contribution in [0.25, 0.3) is 11.1 Å². The first kappa shape index (κ1) is 11.1. The van der Waals surface area contributed by atoms with Crippen molar-refractivity contribution in [1.82, 2.24) is 9.78 Å². The molecule has 1 aliphatic rings. The molecular formula is C14H18N4. The Balaban J connectivity index is 2.09. The number of hydrogen-bond acceptors (Lipinski definition) is 3. The number of anilines is 2. The van der Waals surface area contributed by atoms with Crippen LogP contribution in [0.4, 0.5) is 11.5 Å². The number of aryl methyl sites for hydroxylation is 2. The molecule has 2 aromatic rings. The summed E-state index contributed by atoms with van der Waals surface area (Å²) in [5.41, 5.74) is 10.9. The van der Waals surface area contributed by atoms with Crippen molar-refractivity contribution in [3.63, 3.8) is 0 Å². The van der Waals surface area contributed by atoms with Gasteiger partial charge < -0.3 is 10.6 Å². The second kappa shape index (κ2) is 4.05. The molecular weight excluding hydrogens is 224 g/mol. The molecule has 2 heterocycles. The molecule has 0 fully saturated rings. The number of aromatic nitrogens is 2. The summed E-state index contributed by atoms with van der Waals surface area (Å²) in [6, 6.07) is 6.58. The number of nitrogens with zero attached hydrogens (tertiary/aromatic N) is 3. The standard InChI is InChI=1S/C14H18N4/c1-17-7-3-4-10-5-6-11(8-13(10)17)12-9-16-18(2)14(12)15/h5-6,8-9H,3-4,7,15H2,1-2H3. The maximum absolute atomic E-state index is 6.03. The van der Waals surface area contributed by atoms with Gasteiger partial charge >= 0.3 is 0 Å². The molecule has 2 N–H and O–H groups in total. The van der Waals surface area contributed by atoms with Crippen molar-refractivity contribution in [2.45, 2.75) is 12.8 Å². The van der Waals surface area contributed by atoms with E-state index in [-0.39, 0.29) is 0 Å². The second-order valence-electron chi connectivity index (χ2n) is 4.94. The minimum absolute atomic E-state index is 0.716. The van der Waals surface area contributed by atoms with Crippen LogP contribution >= 0.6 is 0 Å². The quantitative estimate of drug-likeness (QED) is 0.832. The molecule has 1 aliphatic heterocycles. The average molecular weight is 242 g/mol. The Morgan fingerprint density at radius 1 is 1.28 bits per heavy atom. The van der Waals surface area contributed by atoms with Crippen molar-refractivity contribution in [2.75, 3.05) is 24.2 Å². The van der Waals surface area contributed by atoms with E-state index >= 15 is 0 Å². The molecule has 0 aliphatic carbocycles. The third-order valence-electron chi connectivity index (χ3n) is 3.73. The molecule has 0 spiro atoms. The van der Waals surface area contributed by atoms with Gasteiger partial charge in [0.25, 0.3) is 0 Å². The highest BCUT2D eigenvalue weighted by atomic mass is 15.3. The molecule has 4 nitrogen and oxygen atoms in total. The van der Waals surface area contributed by atoms with E-state index in [1.54, 1.807) is 4.68 Å². The summed E-state index contributed by atoms with van der Waals surface area (Å²) < 4.78 is 1.71. The van der Waals surface area contributed by atoms with Crippen molar-refractivity contribution in [2.24, 2.45) is 7.05 Å². The Morgan fingerprint density at radius 3 is 2.83 bits per heavy atom. The summed E-state index contributed by atoms with van der Waals surface area (Å²) in [5.74, 6) is 0.716. The van der Waals surface area contributed by atoms with Crippen LogP contribution < -0.4 is 10.6 Å². The first-order chi connectivity index (χ1) is 8.66. The van der Waals surface area contributed by atoms with Crippen molar-refractivity contribution in [3.8, 4) is 11.1 Å². The maximum Gasteiger partial charge on any atom is 0.129 e. The maximum atomic E-state index is 6.03.